The summed E-state index contributed by atoms with van der Waals surface area (Å²) >= 11 is 0. The second-order valence-corrected chi connectivity index (χ2v) is 5.28. The smallest absolute Gasteiger partial charge is 0.184 e. The first-order valence-electron chi connectivity index (χ1n) is 7.80. The van der Waals surface area contributed by atoms with Crippen molar-refractivity contribution < 1.29 is 14.6 Å². The zero-order chi connectivity index (χ0) is 15.9. The molecule has 2 aromatic rings. The molecule has 0 fully saturated rings. The molecule has 4 nitrogen and oxygen atoms in total. The van der Waals surface area contributed by atoms with E-state index in [4.69, 9.17) is 15.2 Å². The molecule has 0 heterocycles. The van der Waals surface area contributed by atoms with Crippen LogP contribution in [0.3, 0.4) is 0 Å². The molecule has 0 aliphatic rings. The standard InChI is InChI=1S/C18H25NO3/c1-3-21-18(22-4-2)17(20)16(19)12-14-10-7-9-13-8-5-6-11-15(13)14/h5-11,16-18,20H,3-4,12,19H2,1-2H3. The number of fused-ring (bicyclic) bond motifs is 1. The van der Waals surface area contributed by atoms with Gasteiger partial charge in [0, 0.05) is 19.3 Å². The molecule has 0 aliphatic carbocycles. The summed E-state index contributed by atoms with van der Waals surface area (Å²) in [6.07, 6.45) is -0.974. The second kappa shape index (κ2) is 8.25. The lowest BCUT2D eigenvalue weighted by molar-refractivity contribution is -0.193. The van der Waals surface area contributed by atoms with Gasteiger partial charge in [-0.05, 0) is 36.6 Å². The van der Waals surface area contributed by atoms with E-state index in [-0.39, 0.29) is 0 Å². The van der Waals surface area contributed by atoms with Gasteiger partial charge in [0.15, 0.2) is 6.29 Å². The molecular weight excluding hydrogens is 278 g/mol. The molecule has 0 amide bonds. The monoisotopic (exact) mass is 303 g/mol. The van der Waals surface area contributed by atoms with Crippen LogP contribution in [0.5, 0.6) is 0 Å². The second-order valence-electron chi connectivity index (χ2n) is 5.28. The molecule has 0 saturated carbocycles. The molecule has 120 valence electrons. The van der Waals surface area contributed by atoms with Crippen molar-refractivity contribution in [1.82, 2.24) is 0 Å². The highest BCUT2D eigenvalue weighted by Crippen LogP contribution is 2.20. The first-order valence-corrected chi connectivity index (χ1v) is 7.80. The van der Waals surface area contributed by atoms with Crippen LogP contribution >= 0.6 is 0 Å². The van der Waals surface area contributed by atoms with Crippen LogP contribution in [0.1, 0.15) is 19.4 Å². The van der Waals surface area contributed by atoms with Crippen molar-refractivity contribution >= 4 is 10.8 Å². The molecule has 22 heavy (non-hydrogen) atoms. The first kappa shape index (κ1) is 16.9. The van der Waals surface area contributed by atoms with E-state index in [0.717, 1.165) is 10.9 Å². The van der Waals surface area contributed by atoms with Crippen LogP contribution in [0.4, 0.5) is 0 Å². The summed E-state index contributed by atoms with van der Waals surface area (Å²) in [4.78, 5) is 0. The van der Waals surface area contributed by atoms with Crippen LogP contribution in [0, 0.1) is 0 Å². The third-order valence-corrected chi connectivity index (χ3v) is 3.71. The van der Waals surface area contributed by atoms with E-state index in [2.05, 4.69) is 18.2 Å². The van der Waals surface area contributed by atoms with Gasteiger partial charge in [0.05, 0.1) is 0 Å². The fraction of sp³-hybridized carbons (Fsp3) is 0.444. The Balaban J connectivity index is 2.14. The van der Waals surface area contributed by atoms with Crippen molar-refractivity contribution in [1.29, 1.82) is 0 Å². The van der Waals surface area contributed by atoms with E-state index < -0.39 is 18.4 Å². The lowest BCUT2D eigenvalue weighted by Crippen LogP contribution is -2.46. The quantitative estimate of drug-likeness (QED) is 0.735. The molecule has 2 unspecified atom stereocenters. The molecule has 3 N–H and O–H groups in total. The van der Waals surface area contributed by atoms with Crippen molar-refractivity contribution in [2.24, 2.45) is 5.73 Å². The largest absolute Gasteiger partial charge is 0.386 e. The number of rotatable bonds is 8. The van der Waals surface area contributed by atoms with Crippen LogP contribution < -0.4 is 5.73 Å². The minimum absolute atomic E-state index is 0.450. The van der Waals surface area contributed by atoms with Gasteiger partial charge in [0.25, 0.3) is 0 Å². The topological polar surface area (TPSA) is 64.7 Å². The number of hydrogen-bond acceptors (Lipinski definition) is 4. The third kappa shape index (κ3) is 4.05. The summed E-state index contributed by atoms with van der Waals surface area (Å²) in [5.74, 6) is 0. The van der Waals surface area contributed by atoms with Crippen LogP contribution in [0.15, 0.2) is 42.5 Å². The van der Waals surface area contributed by atoms with Gasteiger partial charge in [-0.2, -0.15) is 0 Å². The summed E-state index contributed by atoms with van der Waals surface area (Å²) < 4.78 is 10.9. The van der Waals surface area contributed by atoms with Gasteiger partial charge in [-0.25, -0.2) is 0 Å². The average molecular weight is 303 g/mol. The van der Waals surface area contributed by atoms with Crippen LogP contribution in [0.25, 0.3) is 10.8 Å². The highest BCUT2D eigenvalue weighted by Gasteiger charge is 2.26. The fourth-order valence-corrected chi connectivity index (χ4v) is 2.62. The zero-order valence-electron chi connectivity index (χ0n) is 13.2. The van der Waals surface area contributed by atoms with Crippen molar-refractivity contribution in [3.05, 3.63) is 48.0 Å². The number of benzene rings is 2. The zero-order valence-corrected chi connectivity index (χ0v) is 13.2. The molecule has 0 radical (unpaired) electrons. The Morgan fingerprint density at radius 3 is 2.32 bits per heavy atom. The van der Waals surface area contributed by atoms with Crippen molar-refractivity contribution in [3.63, 3.8) is 0 Å². The van der Waals surface area contributed by atoms with Gasteiger partial charge in [-0.3, -0.25) is 0 Å². The predicted octanol–water partition coefficient (Wildman–Crippen LogP) is 2.47. The molecule has 0 bridgehead atoms. The first-order chi connectivity index (χ1) is 10.7. The maximum atomic E-state index is 10.4. The molecule has 2 atom stereocenters. The number of nitrogens with two attached hydrogens (primary N) is 1. The number of aliphatic hydroxyl groups is 1. The van der Waals surface area contributed by atoms with Gasteiger partial charge in [-0.1, -0.05) is 42.5 Å². The number of hydrogen-bond donors (Lipinski definition) is 2. The molecule has 0 aromatic heterocycles. The Kier molecular flexibility index (Phi) is 6.34. The van der Waals surface area contributed by atoms with E-state index in [1.807, 2.05) is 38.1 Å². The van der Waals surface area contributed by atoms with Crippen molar-refractivity contribution in [2.45, 2.75) is 38.7 Å². The molecule has 2 rings (SSSR count). The molecule has 2 aromatic carbocycles. The van der Waals surface area contributed by atoms with Gasteiger partial charge < -0.3 is 20.3 Å². The summed E-state index contributed by atoms with van der Waals surface area (Å²) in [5, 5.41) is 12.7. The molecule has 4 heteroatoms. The highest BCUT2D eigenvalue weighted by atomic mass is 16.7. The third-order valence-electron chi connectivity index (χ3n) is 3.71. The predicted molar refractivity (Wildman–Crippen MR) is 88.7 cm³/mol. The van der Waals surface area contributed by atoms with E-state index >= 15 is 0 Å². The fourth-order valence-electron chi connectivity index (χ4n) is 2.62. The Morgan fingerprint density at radius 2 is 1.64 bits per heavy atom. The summed E-state index contributed by atoms with van der Waals surface area (Å²) in [6.45, 7) is 4.69. The van der Waals surface area contributed by atoms with Crippen LogP contribution in [0.2, 0.25) is 0 Å². The maximum absolute atomic E-state index is 10.4. The molecule has 0 spiro atoms. The van der Waals surface area contributed by atoms with Crippen molar-refractivity contribution in [3.8, 4) is 0 Å². The Bertz CT molecular complexity index is 576. The van der Waals surface area contributed by atoms with Crippen LogP contribution in [-0.4, -0.2) is 36.8 Å². The Labute approximate surface area is 131 Å². The van der Waals surface area contributed by atoms with Gasteiger partial charge >= 0.3 is 0 Å². The average Bonchev–Trinajstić information content (AvgIpc) is 2.54. The van der Waals surface area contributed by atoms with Gasteiger partial charge in [0.1, 0.15) is 6.10 Å². The van der Waals surface area contributed by atoms with Crippen molar-refractivity contribution in [2.75, 3.05) is 13.2 Å². The van der Waals surface area contributed by atoms with Gasteiger partial charge in [0.2, 0.25) is 0 Å². The Morgan fingerprint density at radius 1 is 1.00 bits per heavy atom. The van der Waals surface area contributed by atoms with E-state index in [1.165, 1.54) is 5.39 Å². The van der Waals surface area contributed by atoms with E-state index in [0.29, 0.717) is 19.6 Å². The summed E-state index contributed by atoms with van der Waals surface area (Å²) in [6, 6.07) is 13.9. The molecular formula is C18H25NO3. The van der Waals surface area contributed by atoms with E-state index in [1.54, 1.807) is 0 Å². The van der Waals surface area contributed by atoms with E-state index in [9.17, 15) is 5.11 Å². The molecule has 0 saturated heterocycles. The Hall–Kier alpha value is -1.46. The normalized spacial score (nSPS) is 14.4. The minimum atomic E-state index is -0.862. The van der Waals surface area contributed by atoms with Crippen LogP contribution in [-0.2, 0) is 15.9 Å². The number of aliphatic hydroxyl groups excluding tert-OH is 1. The lowest BCUT2D eigenvalue weighted by atomic mass is 9.96. The SMILES string of the molecule is CCOC(OCC)C(O)C(N)Cc1cccc2ccccc12. The highest BCUT2D eigenvalue weighted by molar-refractivity contribution is 5.85. The minimum Gasteiger partial charge on any atom is -0.386 e. The van der Waals surface area contributed by atoms with Gasteiger partial charge in [-0.15, -0.1) is 0 Å². The summed E-state index contributed by atoms with van der Waals surface area (Å²) in [7, 11) is 0. The molecule has 0 aliphatic heterocycles. The maximum Gasteiger partial charge on any atom is 0.184 e. The number of ether oxygens (including phenoxy) is 2. The lowest BCUT2D eigenvalue weighted by Gasteiger charge is -2.27. The summed E-state index contributed by atoms with van der Waals surface area (Å²) in [5.41, 5.74) is 7.31.